The first kappa shape index (κ1) is 14.4. The Morgan fingerprint density at radius 2 is 1.90 bits per heavy atom. The van der Waals surface area contributed by atoms with Crippen molar-refractivity contribution in [3.8, 4) is 5.75 Å². The van der Waals surface area contributed by atoms with Crippen LogP contribution in [0.3, 0.4) is 0 Å². The summed E-state index contributed by atoms with van der Waals surface area (Å²) in [5.41, 5.74) is 0.856. The van der Waals surface area contributed by atoms with E-state index in [1.807, 2.05) is 24.3 Å². The van der Waals surface area contributed by atoms with E-state index in [4.69, 9.17) is 4.74 Å². The number of benzene rings is 1. The second kappa shape index (κ2) is 6.93. The molecule has 5 heteroatoms. The second-order valence-electron chi connectivity index (χ2n) is 4.90. The number of ether oxygens (including phenoxy) is 1. The van der Waals surface area contributed by atoms with Gasteiger partial charge in [-0.05, 0) is 18.9 Å². The number of carbonyl (C=O) groups excluding carboxylic acids is 2. The Morgan fingerprint density at radius 3 is 2.60 bits per heavy atom. The summed E-state index contributed by atoms with van der Waals surface area (Å²) in [5.74, 6) is 0.947. The van der Waals surface area contributed by atoms with Crippen LogP contribution in [0, 0.1) is 5.92 Å². The van der Waals surface area contributed by atoms with Crippen molar-refractivity contribution in [1.82, 2.24) is 10.6 Å². The van der Waals surface area contributed by atoms with Gasteiger partial charge in [0.1, 0.15) is 5.75 Å². The number of para-hydroxylation sites is 1. The minimum absolute atomic E-state index is 0.0739. The first-order valence-electron chi connectivity index (χ1n) is 6.87. The molecule has 5 nitrogen and oxygen atoms in total. The summed E-state index contributed by atoms with van der Waals surface area (Å²) in [5, 5.41) is 5.60. The molecule has 2 rings (SSSR count). The third-order valence-corrected chi connectivity index (χ3v) is 3.24. The molecule has 0 heterocycles. The van der Waals surface area contributed by atoms with Crippen LogP contribution in [0.4, 0.5) is 0 Å². The maximum atomic E-state index is 11.8. The van der Waals surface area contributed by atoms with Gasteiger partial charge < -0.3 is 15.4 Å². The number of nitrogens with one attached hydrogen (secondary N) is 2. The number of hydrogen-bond acceptors (Lipinski definition) is 3. The van der Waals surface area contributed by atoms with E-state index in [-0.39, 0.29) is 24.2 Å². The Hall–Kier alpha value is -2.04. The molecule has 0 unspecified atom stereocenters. The van der Waals surface area contributed by atoms with Crippen molar-refractivity contribution in [2.24, 2.45) is 5.92 Å². The van der Waals surface area contributed by atoms with Crippen LogP contribution in [-0.4, -0.2) is 32.0 Å². The first-order chi connectivity index (χ1) is 9.70. The molecule has 108 valence electrons. The third-order valence-electron chi connectivity index (χ3n) is 3.24. The standard InChI is InChI=1S/C15H20N2O3/c1-20-13-5-3-2-4-12(13)10-14(18)16-8-9-17-15(19)11-6-7-11/h2-5,11H,6-10H2,1H3,(H,16,18)(H,17,19). The van der Waals surface area contributed by atoms with Crippen LogP contribution in [0.1, 0.15) is 18.4 Å². The van der Waals surface area contributed by atoms with E-state index in [0.29, 0.717) is 18.8 Å². The normalized spacial score (nSPS) is 13.7. The third kappa shape index (κ3) is 4.26. The number of methoxy groups -OCH3 is 1. The average molecular weight is 276 g/mol. The lowest BCUT2D eigenvalue weighted by Crippen LogP contribution is -2.35. The maximum absolute atomic E-state index is 11.8. The van der Waals surface area contributed by atoms with Crippen molar-refractivity contribution in [3.05, 3.63) is 29.8 Å². The van der Waals surface area contributed by atoms with Crippen molar-refractivity contribution in [1.29, 1.82) is 0 Å². The van der Waals surface area contributed by atoms with Crippen LogP contribution < -0.4 is 15.4 Å². The van der Waals surface area contributed by atoms with Gasteiger partial charge in [-0.2, -0.15) is 0 Å². The minimum atomic E-state index is -0.0739. The summed E-state index contributed by atoms with van der Waals surface area (Å²) >= 11 is 0. The lowest BCUT2D eigenvalue weighted by molar-refractivity contribution is -0.123. The molecule has 1 aliphatic rings. The van der Waals surface area contributed by atoms with Crippen LogP contribution in [0.5, 0.6) is 5.75 Å². The monoisotopic (exact) mass is 276 g/mol. The topological polar surface area (TPSA) is 67.4 Å². The molecule has 1 saturated carbocycles. The minimum Gasteiger partial charge on any atom is -0.496 e. The summed E-state index contributed by atoms with van der Waals surface area (Å²) in [6.45, 7) is 0.930. The van der Waals surface area contributed by atoms with Crippen LogP contribution >= 0.6 is 0 Å². The van der Waals surface area contributed by atoms with Crippen LogP contribution in [0.25, 0.3) is 0 Å². The summed E-state index contributed by atoms with van der Waals surface area (Å²) < 4.78 is 5.20. The summed E-state index contributed by atoms with van der Waals surface area (Å²) in [7, 11) is 1.59. The van der Waals surface area contributed by atoms with E-state index in [1.54, 1.807) is 7.11 Å². The molecule has 0 bridgehead atoms. The van der Waals surface area contributed by atoms with E-state index >= 15 is 0 Å². The Balaban J connectivity index is 1.68. The molecule has 1 fully saturated rings. The fourth-order valence-corrected chi connectivity index (χ4v) is 1.96. The highest BCUT2D eigenvalue weighted by Gasteiger charge is 2.28. The molecule has 0 aliphatic heterocycles. The van der Waals surface area contributed by atoms with Gasteiger partial charge in [-0.1, -0.05) is 18.2 Å². The zero-order chi connectivity index (χ0) is 14.4. The number of hydrogen-bond donors (Lipinski definition) is 2. The van der Waals surface area contributed by atoms with Crippen LogP contribution in [0.2, 0.25) is 0 Å². The van der Waals surface area contributed by atoms with Gasteiger partial charge in [-0.25, -0.2) is 0 Å². The van der Waals surface area contributed by atoms with Gasteiger partial charge >= 0.3 is 0 Å². The predicted octanol–water partition coefficient (Wildman–Crippen LogP) is 0.880. The van der Waals surface area contributed by atoms with Gasteiger partial charge in [-0.3, -0.25) is 9.59 Å². The fraction of sp³-hybridized carbons (Fsp3) is 0.467. The Bertz CT molecular complexity index is 484. The van der Waals surface area contributed by atoms with E-state index < -0.39 is 0 Å². The van der Waals surface area contributed by atoms with E-state index in [2.05, 4.69) is 10.6 Å². The van der Waals surface area contributed by atoms with Gasteiger partial charge in [0, 0.05) is 24.6 Å². The van der Waals surface area contributed by atoms with E-state index in [9.17, 15) is 9.59 Å². The zero-order valence-electron chi connectivity index (χ0n) is 11.6. The Morgan fingerprint density at radius 1 is 1.20 bits per heavy atom. The lowest BCUT2D eigenvalue weighted by atomic mass is 10.1. The summed E-state index contributed by atoms with van der Waals surface area (Å²) in [6, 6.07) is 7.44. The highest BCUT2D eigenvalue weighted by atomic mass is 16.5. The Labute approximate surface area is 118 Å². The molecular weight excluding hydrogens is 256 g/mol. The average Bonchev–Trinajstić information content (AvgIpc) is 3.28. The molecule has 0 atom stereocenters. The SMILES string of the molecule is COc1ccccc1CC(=O)NCCNC(=O)C1CC1. The maximum Gasteiger partial charge on any atom is 0.224 e. The number of rotatable bonds is 7. The smallest absolute Gasteiger partial charge is 0.224 e. The fourth-order valence-electron chi connectivity index (χ4n) is 1.96. The highest BCUT2D eigenvalue weighted by molar-refractivity contribution is 5.81. The molecule has 0 aromatic heterocycles. The molecule has 0 saturated heterocycles. The predicted molar refractivity (Wildman–Crippen MR) is 75.4 cm³/mol. The highest BCUT2D eigenvalue weighted by Crippen LogP contribution is 2.28. The summed E-state index contributed by atoms with van der Waals surface area (Å²) in [4.78, 5) is 23.2. The molecule has 1 aliphatic carbocycles. The van der Waals surface area contributed by atoms with Crippen molar-refractivity contribution in [2.45, 2.75) is 19.3 Å². The van der Waals surface area contributed by atoms with Crippen molar-refractivity contribution >= 4 is 11.8 Å². The van der Waals surface area contributed by atoms with Gasteiger partial charge in [0.15, 0.2) is 0 Å². The molecule has 0 radical (unpaired) electrons. The zero-order valence-corrected chi connectivity index (χ0v) is 11.6. The van der Waals surface area contributed by atoms with Gasteiger partial charge in [0.2, 0.25) is 11.8 Å². The molecule has 1 aromatic rings. The quantitative estimate of drug-likeness (QED) is 0.726. The summed E-state index contributed by atoms with van der Waals surface area (Å²) in [6.07, 6.45) is 2.26. The molecular formula is C15H20N2O3. The van der Waals surface area contributed by atoms with Crippen molar-refractivity contribution < 1.29 is 14.3 Å². The van der Waals surface area contributed by atoms with Crippen LogP contribution in [0.15, 0.2) is 24.3 Å². The molecule has 2 amide bonds. The molecule has 2 N–H and O–H groups in total. The van der Waals surface area contributed by atoms with Gasteiger partial charge in [-0.15, -0.1) is 0 Å². The van der Waals surface area contributed by atoms with Crippen LogP contribution in [-0.2, 0) is 16.0 Å². The van der Waals surface area contributed by atoms with Gasteiger partial charge in [0.25, 0.3) is 0 Å². The Kier molecular flexibility index (Phi) is 4.98. The molecule has 20 heavy (non-hydrogen) atoms. The number of amides is 2. The largest absolute Gasteiger partial charge is 0.496 e. The molecule has 0 spiro atoms. The van der Waals surface area contributed by atoms with Crippen molar-refractivity contribution in [3.63, 3.8) is 0 Å². The molecule has 1 aromatic carbocycles. The number of carbonyl (C=O) groups is 2. The lowest BCUT2D eigenvalue weighted by Gasteiger charge is -2.09. The van der Waals surface area contributed by atoms with E-state index in [1.165, 1.54) is 0 Å². The van der Waals surface area contributed by atoms with Crippen molar-refractivity contribution in [2.75, 3.05) is 20.2 Å². The van der Waals surface area contributed by atoms with Gasteiger partial charge in [0.05, 0.1) is 13.5 Å². The second-order valence-corrected chi connectivity index (χ2v) is 4.90. The van der Waals surface area contributed by atoms with E-state index in [0.717, 1.165) is 18.4 Å². The first-order valence-corrected chi connectivity index (χ1v) is 6.87.